The van der Waals surface area contributed by atoms with Crippen LogP contribution in [0.5, 0.6) is 0 Å². The van der Waals surface area contributed by atoms with Crippen LogP contribution in [0.25, 0.3) is 0 Å². The molecule has 0 bridgehead atoms. The molecule has 1 amide bonds. The molecular formula is C9H9BrClNO. The molecule has 13 heavy (non-hydrogen) atoms. The van der Waals surface area contributed by atoms with Crippen LogP contribution in [0.15, 0.2) is 18.2 Å². The highest BCUT2D eigenvalue weighted by Gasteiger charge is 2.06. The summed E-state index contributed by atoms with van der Waals surface area (Å²) in [6.07, 6.45) is 0. The number of carbonyl (C=O) groups is 1. The first-order valence-electron chi connectivity index (χ1n) is 3.76. The third-order valence-electron chi connectivity index (χ3n) is 1.61. The Morgan fingerprint density at radius 1 is 1.62 bits per heavy atom. The quantitative estimate of drug-likeness (QED) is 0.816. The van der Waals surface area contributed by atoms with E-state index in [9.17, 15) is 4.79 Å². The molecular weight excluding hydrogens is 253 g/mol. The van der Waals surface area contributed by atoms with Crippen LogP contribution in [0.2, 0.25) is 5.02 Å². The molecule has 1 rings (SSSR count). The number of anilines is 1. The van der Waals surface area contributed by atoms with Gasteiger partial charge in [0.15, 0.2) is 0 Å². The number of aryl methyl sites for hydroxylation is 1. The van der Waals surface area contributed by atoms with Gasteiger partial charge in [-0.2, -0.15) is 0 Å². The Labute approximate surface area is 90.4 Å². The van der Waals surface area contributed by atoms with E-state index in [1.54, 1.807) is 6.07 Å². The van der Waals surface area contributed by atoms with E-state index < -0.39 is 0 Å². The van der Waals surface area contributed by atoms with Crippen molar-refractivity contribution in [3.05, 3.63) is 28.8 Å². The zero-order chi connectivity index (χ0) is 9.84. The first kappa shape index (κ1) is 10.5. The Morgan fingerprint density at radius 3 is 2.85 bits per heavy atom. The second kappa shape index (κ2) is 4.63. The maximum atomic E-state index is 11.1. The van der Waals surface area contributed by atoms with E-state index in [1.807, 2.05) is 19.1 Å². The van der Waals surface area contributed by atoms with E-state index >= 15 is 0 Å². The normalized spacial score (nSPS) is 9.77. The van der Waals surface area contributed by atoms with Crippen LogP contribution in [0.1, 0.15) is 5.56 Å². The van der Waals surface area contributed by atoms with Crippen molar-refractivity contribution < 1.29 is 4.79 Å². The minimum absolute atomic E-state index is 0.101. The summed E-state index contributed by atoms with van der Waals surface area (Å²) >= 11 is 8.97. The Hall–Kier alpha value is -0.540. The summed E-state index contributed by atoms with van der Waals surface area (Å²) < 4.78 is 0. The minimum Gasteiger partial charge on any atom is -0.324 e. The molecule has 0 saturated heterocycles. The number of alkyl halides is 1. The van der Waals surface area contributed by atoms with E-state index in [4.69, 9.17) is 11.6 Å². The Kier molecular flexibility index (Phi) is 3.75. The summed E-state index contributed by atoms with van der Waals surface area (Å²) in [5, 5.41) is 3.55. The number of amides is 1. The van der Waals surface area contributed by atoms with Crippen molar-refractivity contribution in [1.29, 1.82) is 0 Å². The standard InChI is InChI=1S/C9H9BrClNO/c1-6-3-2-4-7(11)9(6)12-8(13)5-10/h2-4H,5H2,1H3,(H,12,13). The fourth-order valence-corrected chi connectivity index (χ4v) is 1.37. The van der Waals surface area contributed by atoms with Crippen LogP contribution in [0.4, 0.5) is 5.69 Å². The third-order valence-corrected chi connectivity index (χ3v) is 2.43. The van der Waals surface area contributed by atoms with E-state index in [0.717, 1.165) is 5.56 Å². The average molecular weight is 263 g/mol. The van der Waals surface area contributed by atoms with Gasteiger partial charge in [-0.25, -0.2) is 0 Å². The van der Waals surface area contributed by atoms with Gasteiger partial charge < -0.3 is 5.32 Å². The Balaban J connectivity index is 2.93. The summed E-state index contributed by atoms with van der Waals surface area (Å²) in [6, 6.07) is 5.50. The number of carbonyl (C=O) groups excluding carboxylic acids is 1. The van der Waals surface area contributed by atoms with Crippen LogP contribution in [-0.4, -0.2) is 11.2 Å². The van der Waals surface area contributed by atoms with Crippen LogP contribution < -0.4 is 5.32 Å². The molecule has 0 saturated carbocycles. The molecule has 0 aliphatic heterocycles. The fraction of sp³-hybridized carbons (Fsp3) is 0.222. The van der Waals surface area contributed by atoms with Gasteiger partial charge in [-0.05, 0) is 18.6 Å². The lowest BCUT2D eigenvalue weighted by molar-refractivity contribution is -0.113. The predicted octanol–water partition coefficient (Wildman–Crippen LogP) is 2.98. The van der Waals surface area contributed by atoms with Crippen LogP contribution in [0, 0.1) is 6.92 Å². The van der Waals surface area contributed by atoms with E-state index in [1.165, 1.54) is 0 Å². The van der Waals surface area contributed by atoms with Gasteiger partial charge in [-0.3, -0.25) is 4.79 Å². The molecule has 0 aliphatic carbocycles. The predicted molar refractivity (Wildman–Crippen MR) is 58.6 cm³/mol. The first-order valence-corrected chi connectivity index (χ1v) is 5.26. The van der Waals surface area contributed by atoms with Crippen LogP contribution in [0.3, 0.4) is 0 Å². The fourth-order valence-electron chi connectivity index (χ4n) is 0.963. The summed E-state index contributed by atoms with van der Waals surface area (Å²) in [5.41, 5.74) is 1.65. The lowest BCUT2D eigenvalue weighted by Crippen LogP contribution is -2.13. The van der Waals surface area contributed by atoms with Gasteiger partial charge in [0.05, 0.1) is 16.0 Å². The molecule has 0 unspecified atom stereocenters. The highest BCUT2D eigenvalue weighted by atomic mass is 79.9. The van der Waals surface area contributed by atoms with Crippen molar-refractivity contribution in [2.24, 2.45) is 0 Å². The van der Waals surface area contributed by atoms with Crippen LogP contribution >= 0.6 is 27.5 Å². The lowest BCUT2D eigenvalue weighted by atomic mass is 10.2. The Bertz CT molecular complexity index is 307. The highest BCUT2D eigenvalue weighted by molar-refractivity contribution is 9.09. The SMILES string of the molecule is Cc1cccc(Cl)c1NC(=O)CBr. The van der Waals surface area contributed by atoms with Crippen molar-refractivity contribution in [2.75, 3.05) is 10.6 Å². The molecule has 0 aliphatic rings. The van der Waals surface area contributed by atoms with Gasteiger partial charge in [-0.1, -0.05) is 39.7 Å². The van der Waals surface area contributed by atoms with Gasteiger partial charge in [0.2, 0.25) is 5.91 Å². The molecule has 0 radical (unpaired) electrons. The summed E-state index contributed by atoms with van der Waals surface area (Å²) in [4.78, 5) is 11.1. The van der Waals surface area contributed by atoms with Gasteiger partial charge in [0.1, 0.15) is 0 Å². The monoisotopic (exact) mass is 261 g/mol. The van der Waals surface area contributed by atoms with Gasteiger partial charge in [0.25, 0.3) is 0 Å². The molecule has 2 nitrogen and oxygen atoms in total. The largest absolute Gasteiger partial charge is 0.324 e. The van der Waals surface area contributed by atoms with E-state index in [0.29, 0.717) is 10.7 Å². The number of halogens is 2. The Morgan fingerprint density at radius 2 is 2.31 bits per heavy atom. The highest BCUT2D eigenvalue weighted by Crippen LogP contribution is 2.24. The van der Waals surface area contributed by atoms with Crippen LogP contribution in [-0.2, 0) is 4.79 Å². The van der Waals surface area contributed by atoms with Crippen molar-refractivity contribution in [3.63, 3.8) is 0 Å². The molecule has 1 aromatic rings. The number of para-hydroxylation sites is 1. The van der Waals surface area contributed by atoms with Crippen molar-refractivity contribution in [1.82, 2.24) is 0 Å². The van der Waals surface area contributed by atoms with Crippen molar-refractivity contribution in [2.45, 2.75) is 6.92 Å². The molecule has 0 atom stereocenters. The zero-order valence-corrected chi connectivity index (χ0v) is 9.45. The van der Waals surface area contributed by atoms with Crippen molar-refractivity contribution in [3.8, 4) is 0 Å². The summed E-state index contributed by atoms with van der Waals surface area (Å²) in [5.74, 6) is -0.101. The lowest BCUT2D eigenvalue weighted by Gasteiger charge is -2.08. The van der Waals surface area contributed by atoms with Gasteiger partial charge in [0, 0.05) is 0 Å². The van der Waals surface area contributed by atoms with Crippen molar-refractivity contribution >= 4 is 39.1 Å². The smallest absolute Gasteiger partial charge is 0.235 e. The summed E-state index contributed by atoms with van der Waals surface area (Å²) in [7, 11) is 0. The summed E-state index contributed by atoms with van der Waals surface area (Å²) in [6.45, 7) is 1.90. The van der Waals surface area contributed by atoms with Gasteiger partial charge >= 0.3 is 0 Å². The zero-order valence-electron chi connectivity index (χ0n) is 7.10. The maximum absolute atomic E-state index is 11.1. The third kappa shape index (κ3) is 2.71. The first-order chi connectivity index (χ1) is 6.15. The molecule has 4 heteroatoms. The molecule has 1 aromatic carbocycles. The van der Waals surface area contributed by atoms with E-state index in [2.05, 4.69) is 21.2 Å². The van der Waals surface area contributed by atoms with Gasteiger partial charge in [-0.15, -0.1) is 0 Å². The molecule has 0 aromatic heterocycles. The minimum atomic E-state index is -0.101. The number of hydrogen-bond acceptors (Lipinski definition) is 1. The average Bonchev–Trinajstić information content (AvgIpc) is 2.11. The maximum Gasteiger partial charge on any atom is 0.235 e. The molecule has 0 spiro atoms. The second-order valence-electron chi connectivity index (χ2n) is 2.61. The molecule has 70 valence electrons. The number of benzene rings is 1. The molecule has 0 heterocycles. The molecule has 1 N–H and O–H groups in total. The van der Waals surface area contributed by atoms with E-state index in [-0.39, 0.29) is 11.2 Å². The topological polar surface area (TPSA) is 29.1 Å². The number of nitrogens with one attached hydrogen (secondary N) is 1. The molecule has 0 fully saturated rings. The second-order valence-corrected chi connectivity index (χ2v) is 3.58. The number of rotatable bonds is 2. The number of hydrogen-bond donors (Lipinski definition) is 1.